The number of aromatic nitrogens is 6. The maximum Gasteiger partial charge on any atom is 0.290 e. The van der Waals surface area contributed by atoms with E-state index < -0.39 is 0 Å². The van der Waals surface area contributed by atoms with Gasteiger partial charge in [-0.1, -0.05) is 5.10 Å². The smallest absolute Gasteiger partial charge is 0.192 e. The largest absolute Gasteiger partial charge is 0.290 e. The zero-order chi connectivity index (χ0) is 6.27. The molecule has 0 saturated heterocycles. The summed E-state index contributed by atoms with van der Waals surface area (Å²) in [7, 11) is 0. The van der Waals surface area contributed by atoms with Crippen LogP contribution in [0.4, 0.5) is 0 Å². The van der Waals surface area contributed by atoms with Crippen molar-refractivity contribution in [3.05, 3.63) is 5.82 Å². The summed E-state index contributed by atoms with van der Waals surface area (Å²) in [6.45, 7) is 1.79. The van der Waals surface area contributed by atoms with Crippen LogP contribution in [0.2, 0.25) is 0 Å². The van der Waals surface area contributed by atoms with Crippen molar-refractivity contribution in [1.29, 1.82) is 0 Å². The van der Waals surface area contributed by atoms with Gasteiger partial charge in [0.1, 0.15) is 0 Å². The molecule has 0 atom stereocenters. The topological polar surface area (TPSA) is 71.8 Å². The van der Waals surface area contributed by atoms with Crippen LogP contribution in [0.25, 0.3) is 5.78 Å². The third kappa shape index (κ3) is 0.493. The fourth-order valence-electron chi connectivity index (χ4n) is 0.645. The third-order valence-corrected chi connectivity index (χ3v) is 0.975. The van der Waals surface area contributed by atoms with Crippen molar-refractivity contribution < 1.29 is 0 Å². The molecular formula is C3H4N6. The summed E-state index contributed by atoms with van der Waals surface area (Å²) in [5, 5.41) is 13.5. The molecule has 0 amide bonds. The summed E-state index contributed by atoms with van der Waals surface area (Å²) >= 11 is 0. The molecule has 2 rings (SSSR count). The highest BCUT2D eigenvalue weighted by Gasteiger charge is 1.98. The van der Waals surface area contributed by atoms with Crippen LogP contribution < -0.4 is 0 Å². The summed E-state index contributed by atoms with van der Waals surface area (Å²) < 4.78 is 1.41. The monoisotopic (exact) mass is 124 g/mol. The van der Waals surface area contributed by atoms with Gasteiger partial charge in [-0.25, -0.2) is 0 Å². The van der Waals surface area contributed by atoms with Gasteiger partial charge in [0, 0.05) is 0 Å². The molecule has 2 aromatic heterocycles. The summed E-state index contributed by atoms with van der Waals surface area (Å²) in [5.41, 5.74) is 0. The average Bonchev–Trinajstić information content (AvgIpc) is 2.22. The predicted molar refractivity (Wildman–Crippen MR) is 27.7 cm³/mol. The first-order valence-corrected chi connectivity index (χ1v) is 2.47. The number of rotatable bonds is 0. The molecular weight excluding hydrogens is 120 g/mol. The van der Waals surface area contributed by atoms with Crippen molar-refractivity contribution in [1.82, 2.24) is 30.2 Å². The van der Waals surface area contributed by atoms with Crippen LogP contribution in [0.5, 0.6) is 0 Å². The van der Waals surface area contributed by atoms with Gasteiger partial charge < -0.3 is 0 Å². The predicted octanol–water partition coefficient (Wildman–Crippen LogP) is -0.844. The number of hydrogen-bond donors (Lipinski definition) is 1. The Balaban J connectivity index is 2.92. The number of aryl methyl sites for hydroxylation is 1. The summed E-state index contributed by atoms with van der Waals surface area (Å²) in [6.07, 6.45) is 0. The number of nitrogens with zero attached hydrogens (tertiary/aromatic N) is 5. The first-order chi connectivity index (χ1) is 4.36. The number of H-pyrrole nitrogens is 1. The second kappa shape index (κ2) is 1.28. The van der Waals surface area contributed by atoms with Gasteiger partial charge in [0.2, 0.25) is 0 Å². The van der Waals surface area contributed by atoms with Crippen LogP contribution in [-0.2, 0) is 0 Å². The lowest BCUT2D eigenvalue weighted by molar-refractivity contribution is 0.733. The molecule has 6 heteroatoms. The third-order valence-electron chi connectivity index (χ3n) is 0.975. The number of nitrogens with one attached hydrogen (secondary N) is 1. The molecule has 46 valence electrons. The lowest BCUT2D eigenvalue weighted by atomic mass is 10.8. The molecule has 2 aromatic rings. The zero-order valence-corrected chi connectivity index (χ0v) is 4.74. The Morgan fingerprint density at radius 2 is 2.44 bits per heavy atom. The van der Waals surface area contributed by atoms with E-state index in [9.17, 15) is 0 Å². The molecule has 2 heterocycles. The molecule has 0 spiro atoms. The Morgan fingerprint density at radius 1 is 1.56 bits per heavy atom. The number of fused-ring (bicyclic) bond motifs is 1. The molecule has 9 heavy (non-hydrogen) atoms. The fourth-order valence-corrected chi connectivity index (χ4v) is 0.645. The van der Waals surface area contributed by atoms with Crippen LogP contribution in [-0.4, -0.2) is 30.2 Å². The lowest BCUT2D eigenvalue weighted by Crippen LogP contribution is -1.86. The van der Waals surface area contributed by atoms with E-state index in [0.29, 0.717) is 11.6 Å². The Kier molecular flexibility index (Phi) is 0.627. The quantitative estimate of drug-likeness (QED) is 0.496. The van der Waals surface area contributed by atoms with Crippen molar-refractivity contribution in [3.8, 4) is 0 Å². The SMILES string of the molecule is Cc1nc2nn[nH]n2n1. The van der Waals surface area contributed by atoms with Crippen LogP contribution in [0, 0.1) is 6.92 Å². The van der Waals surface area contributed by atoms with Crippen LogP contribution in [0.1, 0.15) is 5.82 Å². The Morgan fingerprint density at radius 3 is 3.22 bits per heavy atom. The van der Waals surface area contributed by atoms with Gasteiger partial charge in [-0.3, -0.25) is 0 Å². The molecule has 0 radical (unpaired) electrons. The van der Waals surface area contributed by atoms with Crippen molar-refractivity contribution >= 4 is 5.78 Å². The average molecular weight is 124 g/mol. The van der Waals surface area contributed by atoms with E-state index in [1.54, 1.807) is 6.92 Å². The zero-order valence-electron chi connectivity index (χ0n) is 4.74. The molecule has 0 fully saturated rings. The molecule has 0 aliphatic rings. The van der Waals surface area contributed by atoms with Gasteiger partial charge in [0.15, 0.2) is 5.82 Å². The van der Waals surface area contributed by atoms with Crippen LogP contribution >= 0.6 is 0 Å². The fraction of sp³-hybridized carbons (Fsp3) is 0.333. The van der Waals surface area contributed by atoms with Gasteiger partial charge in [-0.05, 0) is 12.1 Å². The van der Waals surface area contributed by atoms with E-state index in [1.165, 1.54) is 4.63 Å². The number of hydrogen-bond acceptors (Lipinski definition) is 4. The molecule has 1 N–H and O–H groups in total. The molecule has 0 bridgehead atoms. The minimum absolute atomic E-state index is 0.507. The summed E-state index contributed by atoms with van der Waals surface area (Å²) in [6, 6.07) is 0. The molecule has 0 unspecified atom stereocenters. The van der Waals surface area contributed by atoms with E-state index in [-0.39, 0.29) is 0 Å². The first-order valence-electron chi connectivity index (χ1n) is 2.47. The number of aromatic amines is 1. The molecule has 6 nitrogen and oxygen atoms in total. The van der Waals surface area contributed by atoms with Gasteiger partial charge in [-0.15, -0.1) is 9.73 Å². The molecule has 0 aliphatic carbocycles. The highest BCUT2D eigenvalue weighted by molar-refractivity contribution is 5.19. The highest BCUT2D eigenvalue weighted by Crippen LogP contribution is 1.89. The van der Waals surface area contributed by atoms with E-state index in [1.807, 2.05) is 0 Å². The summed E-state index contributed by atoms with van der Waals surface area (Å²) in [5.74, 6) is 1.20. The summed E-state index contributed by atoms with van der Waals surface area (Å²) in [4.78, 5) is 3.92. The van der Waals surface area contributed by atoms with Crippen molar-refractivity contribution in [2.45, 2.75) is 6.92 Å². The minimum Gasteiger partial charge on any atom is -0.192 e. The standard InChI is InChI=1S/C3H4N6/c1-2-4-3-5-7-8-9(3)6-2/h1H3,(H,4,5,6,8). The molecule has 0 aromatic carbocycles. The second-order valence-electron chi connectivity index (χ2n) is 1.67. The van der Waals surface area contributed by atoms with Gasteiger partial charge in [-0.2, -0.15) is 10.2 Å². The highest BCUT2D eigenvalue weighted by atomic mass is 15.6. The first kappa shape index (κ1) is 4.42. The lowest BCUT2D eigenvalue weighted by Gasteiger charge is -1.70. The van der Waals surface area contributed by atoms with Crippen molar-refractivity contribution in [2.75, 3.05) is 0 Å². The van der Waals surface area contributed by atoms with Crippen LogP contribution in [0.3, 0.4) is 0 Å². The molecule has 0 saturated carbocycles. The second-order valence-corrected chi connectivity index (χ2v) is 1.67. The maximum atomic E-state index is 3.92. The normalized spacial score (nSPS) is 10.8. The van der Waals surface area contributed by atoms with Crippen molar-refractivity contribution in [2.24, 2.45) is 0 Å². The minimum atomic E-state index is 0.507. The Bertz CT molecular complexity index is 289. The molecule has 0 aliphatic heterocycles. The maximum absolute atomic E-state index is 3.92. The van der Waals surface area contributed by atoms with Crippen molar-refractivity contribution in [3.63, 3.8) is 0 Å². The van der Waals surface area contributed by atoms with Gasteiger partial charge in [0.05, 0.1) is 0 Å². The van der Waals surface area contributed by atoms with Gasteiger partial charge >= 0.3 is 0 Å². The van der Waals surface area contributed by atoms with E-state index >= 15 is 0 Å². The van der Waals surface area contributed by atoms with Crippen LogP contribution in [0.15, 0.2) is 0 Å². The van der Waals surface area contributed by atoms with Gasteiger partial charge in [0.25, 0.3) is 5.78 Å². The number of tetrazole rings is 1. The Labute approximate surface area is 49.9 Å². The van der Waals surface area contributed by atoms with E-state index in [0.717, 1.165) is 0 Å². The Hall–Kier alpha value is -1.46. The van der Waals surface area contributed by atoms with E-state index in [4.69, 9.17) is 0 Å². The van der Waals surface area contributed by atoms with E-state index in [2.05, 4.69) is 25.6 Å².